The molecule has 0 aliphatic heterocycles. The van der Waals surface area contributed by atoms with Crippen molar-refractivity contribution in [2.24, 2.45) is 0 Å². The van der Waals surface area contributed by atoms with Crippen LogP contribution in [0.25, 0.3) is 0 Å². The van der Waals surface area contributed by atoms with Gasteiger partial charge >= 0.3 is 0 Å². The van der Waals surface area contributed by atoms with Crippen LogP contribution in [0.1, 0.15) is 52.6 Å². The molecule has 0 bridgehead atoms. The molecule has 25 heavy (non-hydrogen) atoms. The van der Waals surface area contributed by atoms with Crippen LogP contribution < -0.4 is 15.6 Å². The minimum Gasteiger partial charge on any atom is -0.496 e. The van der Waals surface area contributed by atoms with Crippen molar-refractivity contribution >= 4 is 11.8 Å². The molecule has 2 aromatic carbocycles. The molecular formula is C20H24N2O3. The number of hydrogen-bond acceptors (Lipinski definition) is 3. The van der Waals surface area contributed by atoms with Crippen LogP contribution >= 0.6 is 0 Å². The van der Waals surface area contributed by atoms with E-state index in [0.29, 0.717) is 16.9 Å². The van der Waals surface area contributed by atoms with E-state index in [1.54, 1.807) is 37.4 Å². The van der Waals surface area contributed by atoms with Gasteiger partial charge in [0.2, 0.25) is 0 Å². The molecule has 2 N–H and O–H groups in total. The summed E-state index contributed by atoms with van der Waals surface area (Å²) < 4.78 is 5.20. The van der Waals surface area contributed by atoms with E-state index < -0.39 is 5.91 Å². The number of carbonyl (C=O) groups is 2. The molecule has 0 unspecified atom stereocenters. The summed E-state index contributed by atoms with van der Waals surface area (Å²) in [6.07, 6.45) is 0. The van der Waals surface area contributed by atoms with Crippen molar-refractivity contribution in [2.75, 3.05) is 7.11 Å². The highest BCUT2D eigenvalue weighted by Crippen LogP contribution is 2.22. The Labute approximate surface area is 148 Å². The van der Waals surface area contributed by atoms with Gasteiger partial charge in [-0.3, -0.25) is 20.4 Å². The van der Waals surface area contributed by atoms with Crippen molar-refractivity contribution in [3.63, 3.8) is 0 Å². The lowest BCUT2D eigenvalue weighted by Crippen LogP contribution is -2.41. The molecule has 0 heterocycles. The van der Waals surface area contributed by atoms with Gasteiger partial charge in [-0.05, 0) is 47.7 Å². The summed E-state index contributed by atoms with van der Waals surface area (Å²) in [5.74, 6) is -0.150. The van der Waals surface area contributed by atoms with Gasteiger partial charge in [-0.1, -0.05) is 39.0 Å². The number of amides is 2. The van der Waals surface area contributed by atoms with E-state index in [2.05, 4.69) is 31.6 Å². The maximum Gasteiger partial charge on any atom is 0.269 e. The van der Waals surface area contributed by atoms with E-state index in [-0.39, 0.29) is 11.3 Å². The molecule has 5 heteroatoms. The zero-order valence-corrected chi connectivity index (χ0v) is 15.3. The summed E-state index contributed by atoms with van der Waals surface area (Å²) in [7, 11) is 1.55. The second-order valence-electron chi connectivity index (χ2n) is 6.92. The first-order valence-corrected chi connectivity index (χ1v) is 8.08. The Morgan fingerprint density at radius 1 is 0.880 bits per heavy atom. The first-order chi connectivity index (χ1) is 11.7. The maximum absolute atomic E-state index is 12.2. The van der Waals surface area contributed by atoms with Gasteiger partial charge in [-0.25, -0.2) is 0 Å². The number of nitrogens with one attached hydrogen (secondary N) is 2. The molecule has 132 valence electrons. The molecule has 0 aliphatic rings. The summed E-state index contributed by atoms with van der Waals surface area (Å²) in [6.45, 7) is 8.22. The Balaban J connectivity index is 2.01. The molecule has 0 aromatic heterocycles. The normalized spacial score (nSPS) is 10.9. The number of rotatable bonds is 3. The van der Waals surface area contributed by atoms with Crippen LogP contribution in [0, 0.1) is 6.92 Å². The van der Waals surface area contributed by atoms with Crippen molar-refractivity contribution < 1.29 is 14.3 Å². The molecule has 0 saturated carbocycles. The molecule has 0 saturated heterocycles. The lowest BCUT2D eigenvalue weighted by Gasteiger charge is -2.19. The van der Waals surface area contributed by atoms with Gasteiger partial charge < -0.3 is 4.74 Å². The molecule has 2 amide bonds. The summed E-state index contributed by atoms with van der Waals surface area (Å²) in [4.78, 5) is 24.3. The third-order valence-corrected chi connectivity index (χ3v) is 3.97. The van der Waals surface area contributed by atoms with E-state index in [4.69, 9.17) is 4.74 Å². The topological polar surface area (TPSA) is 67.4 Å². The summed E-state index contributed by atoms with van der Waals surface area (Å²) in [5, 5.41) is 0. The lowest BCUT2D eigenvalue weighted by atomic mass is 9.87. The zero-order chi connectivity index (χ0) is 18.6. The summed E-state index contributed by atoms with van der Waals surface area (Å²) in [5.41, 5.74) is 7.83. The van der Waals surface area contributed by atoms with E-state index in [1.165, 1.54) is 0 Å². The Morgan fingerprint density at radius 3 is 1.92 bits per heavy atom. The van der Waals surface area contributed by atoms with Crippen molar-refractivity contribution in [1.82, 2.24) is 10.9 Å². The van der Waals surface area contributed by atoms with Gasteiger partial charge in [0.05, 0.1) is 7.11 Å². The highest BCUT2D eigenvalue weighted by Gasteiger charge is 2.15. The smallest absolute Gasteiger partial charge is 0.269 e. The molecule has 0 aliphatic carbocycles. The highest BCUT2D eigenvalue weighted by atomic mass is 16.5. The van der Waals surface area contributed by atoms with Gasteiger partial charge in [0.25, 0.3) is 11.8 Å². The quantitative estimate of drug-likeness (QED) is 0.842. The Morgan fingerprint density at radius 2 is 1.40 bits per heavy atom. The molecule has 0 spiro atoms. The van der Waals surface area contributed by atoms with E-state index >= 15 is 0 Å². The lowest BCUT2D eigenvalue weighted by molar-refractivity contribution is 0.0846. The highest BCUT2D eigenvalue weighted by molar-refractivity contribution is 5.99. The monoisotopic (exact) mass is 340 g/mol. The number of hydrazine groups is 1. The second kappa shape index (κ2) is 7.38. The molecule has 0 radical (unpaired) electrons. The number of ether oxygens (including phenoxy) is 1. The van der Waals surface area contributed by atoms with E-state index in [1.807, 2.05) is 19.1 Å². The molecule has 5 nitrogen and oxygen atoms in total. The Bertz CT molecular complexity index is 775. The maximum atomic E-state index is 12.2. The van der Waals surface area contributed by atoms with Crippen molar-refractivity contribution in [3.8, 4) is 5.75 Å². The fraction of sp³-hybridized carbons (Fsp3) is 0.300. The first-order valence-electron chi connectivity index (χ1n) is 8.08. The largest absolute Gasteiger partial charge is 0.496 e. The van der Waals surface area contributed by atoms with Crippen molar-refractivity contribution in [1.29, 1.82) is 0 Å². The van der Waals surface area contributed by atoms with Gasteiger partial charge in [0, 0.05) is 11.1 Å². The number of carbonyl (C=O) groups excluding carboxylic acids is 2. The van der Waals surface area contributed by atoms with E-state index in [0.717, 1.165) is 11.1 Å². The predicted octanol–water partition coefficient (Wildman–Crippen LogP) is 3.38. The van der Waals surface area contributed by atoms with Crippen LogP contribution in [0.3, 0.4) is 0 Å². The summed E-state index contributed by atoms with van der Waals surface area (Å²) >= 11 is 0. The van der Waals surface area contributed by atoms with Crippen LogP contribution in [0.5, 0.6) is 5.75 Å². The molecule has 0 atom stereocenters. The number of aryl methyl sites for hydroxylation is 1. The molecule has 2 rings (SSSR count). The van der Waals surface area contributed by atoms with Gasteiger partial charge in [-0.2, -0.15) is 0 Å². The first kappa shape index (κ1) is 18.5. The third kappa shape index (κ3) is 4.59. The fourth-order valence-electron chi connectivity index (χ4n) is 2.34. The summed E-state index contributed by atoms with van der Waals surface area (Å²) in [6, 6.07) is 12.4. The molecule has 2 aromatic rings. The van der Waals surface area contributed by atoms with Gasteiger partial charge in [-0.15, -0.1) is 0 Å². The van der Waals surface area contributed by atoms with Crippen molar-refractivity contribution in [2.45, 2.75) is 33.1 Å². The Hall–Kier alpha value is -2.82. The standard InChI is InChI=1S/C20H24N2O3/c1-13-6-7-15(12-17(13)25-5)19(24)22-21-18(23)14-8-10-16(11-9-14)20(2,3)4/h6-12H,1-5H3,(H,21,23)(H,22,24). The molecule has 0 fully saturated rings. The van der Waals surface area contributed by atoms with Gasteiger partial charge in [0.15, 0.2) is 0 Å². The van der Waals surface area contributed by atoms with Crippen LogP contribution in [-0.2, 0) is 5.41 Å². The van der Waals surface area contributed by atoms with Crippen LogP contribution in [0.4, 0.5) is 0 Å². The third-order valence-electron chi connectivity index (χ3n) is 3.97. The SMILES string of the molecule is COc1cc(C(=O)NNC(=O)c2ccc(C(C)(C)C)cc2)ccc1C. The van der Waals surface area contributed by atoms with Gasteiger partial charge in [0.1, 0.15) is 5.75 Å². The average molecular weight is 340 g/mol. The minimum atomic E-state index is -0.405. The zero-order valence-electron chi connectivity index (χ0n) is 15.3. The Kier molecular flexibility index (Phi) is 5.47. The van der Waals surface area contributed by atoms with Crippen molar-refractivity contribution in [3.05, 3.63) is 64.7 Å². The number of methoxy groups -OCH3 is 1. The average Bonchev–Trinajstić information content (AvgIpc) is 2.59. The van der Waals surface area contributed by atoms with Crippen LogP contribution in [0.2, 0.25) is 0 Å². The minimum absolute atomic E-state index is 0.0215. The number of hydrogen-bond donors (Lipinski definition) is 2. The molecular weight excluding hydrogens is 316 g/mol. The fourth-order valence-corrected chi connectivity index (χ4v) is 2.34. The number of benzene rings is 2. The van der Waals surface area contributed by atoms with Crippen LogP contribution in [-0.4, -0.2) is 18.9 Å². The van der Waals surface area contributed by atoms with Crippen LogP contribution in [0.15, 0.2) is 42.5 Å². The second-order valence-corrected chi connectivity index (χ2v) is 6.92. The van der Waals surface area contributed by atoms with E-state index in [9.17, 15) is 9.59 Å². The predicted molar refractivity (Wildman–Crippen MR) is 97.8 cm³/mol.